The molecule has 1 amide bonds. The van der Waals surface area contributed by atoms with E-state index in [9.17, 15) is 18.0 Å². The number of aliphatic hydroxyl groups is 1. The molecule has 0 bridgehead atoms. The van der Waals surface area contributed by atoms with Crippen LogP contribution in [0.5, 0.6) is 0 Å². The fourth-order valence-electron chi connectivity index (χ4n) is 1.56. The molecule has 1 aromatic rings. The summed E-state index contributed by atoms with van der Waals surface area (Å²) in [7, 11) is 0. The van der Waals surface area contributed by atoms with Crippen LogP contribution in [-0.4, -0.2) is 35.4 Å². The number of aliphatic hydroxyl groups excluding tert-OH is 1. The first-order valence-corrected chi connectivity index (χ1v) is 7.00. The molecule has 0 atom stereocenters. The quantitative estimate of drug-likeness (QED) is 0.662. The number of hydrogen-bond donors (Lipinski definition) is 2. The number of aryl methyl sites for hydroxylation is 1. The topological polar surface area (TPSA) is 49.3 Å². The molecule has 3 nitrogen and oxygen atoms in total. The maximum Gasteiger partial charge on any atom is 0.441 e. The summed E-state index contributed by atoms with van der Waals surface area (Å²) >= 11 is -0.177. The highest BCUT2D eigenvalue weighted by atomic mass is 32.2. The summed E-state index contributed by atoms with van der Waals surface area (Å²) < 4.78 is 35.8. The van der Waals surface area contributed by atoms with Crippen LogP contribution in [0.3, 0.4) is 0 Å². The van der Waals surface area contributed by atoms with Crippen molar-refractivity contribution in [2.24, 2.45) is 0 Å². The minimum atomic E-state index is -4.29. The first-order valence-electron chi connectivity index (χ1n) is 6.02. The van der Waals surface area contributed by atoms with Crippen molar-refractivity contribution in [2.45, 2.75) is 12.4 Å². The number of hydrogen-bond acceptors (Lipinski definition) is 3. The summed E-state index contributed by atoms with van der Waals surface area (Å²) in [5.74, 6) is 4.47. The molecule has 7 heteroatoms. The van der Waals surface area contributed by atoms with Gasteiger partial charge in [0, 0.05) is 23.4 Å². The van der Waals surface area contributed by atoms with Crippen LogP contribution >= 0.6 is 11.8 Å². The first kappa shape index (κ1) is 17.4. The number of thioether (sulfide) groups is 1. The Kier molecular flexibility index (Phi) is 6.59. The molecular formula is C14H14F3NO2S. The summed E-state index contributed by atoms with van der Waals surface area (Å²) in [6.07, 6.45) is 0. The number of benzene rings is 1. The zero-order valence-electron chi connectivity index (χ0n) is 11.3. The smallest absolute Gasteiger partial charge is 0.384 e. The zero-order chi connectivity index (χ0) is 15.9. The third-order valence-corrected chi connectivity index (χ3v) is 3.04. The number of amides is 1. The molecule has 0 aliphatic heterocycles. The second-order valence-electron chi connectivity index (χ2n) is 4.10. The van der Waals surface area contributed by atoms with Crippen molar-refractivity contribution in [2.75, 3.05) is 18.9 Å². The van der Waals surface area contributed by atoms with Gasteiger partial charge in [-0.1, -0.05) is 11.8 Å². The number of carbonyl (C=O) groups is 1. The molecule has 0 aliphatic rings. The Morgan fingerprint density at radius 3 is 2.71 bits per heavy atom. The molecule has 1 rings (SSSR count). The molecule has 0 spiro atoms. The Balaban J connectivity index is 2.63. The normalized spacial score (nSPS) is 10.7. The van der Waals surface area contributed by atoms with E-state index in [0.717, 1.165) is 5.56 Å². The monoisotopic (exact) mass is 317 g/mol. The Morgan fingerprint density at radius 1 is 1.38 bits per heavy atom. The van der Waals surface area contributed by atoms with Crippen LogP contribution in [0.15, 0.2) is 18.2 Å². The van der Waals surface area contributed by atoms with E-state index in [1.807, 2.05) is 0 Å². The summed E-state index contributed by atoms with van der Waals surface area (Å²) in [6, 6.07) is 4.90. The van der Waals surface area contributed by atoms with Gasteiger partial charge in [0.15, 0.2) is 0 Å². The van der Waals surface area contributed by atoms with Crippen molar-refractivity contribution in [3.8, 4) is 11.8 Å². The number of rotatable bonds is 4. The highest BCUT2D eigenvalue weighted by molar-refractivity contribution is 8.00. The average Bonchev–Trinajstić information content (AvgIpc) is 2.39. The van der Waals surface area contributed by atoms with Gasteiger partial charge in [-0.05, 0) is 42.4 Å². The van der Waals surface area contributed by atoms with E-state index in [2.05, 4.69) is 17.2 Å². The molecule has 21 heavy (non-hydrogen) atoms. The molecule has 2 N–H and O–H groups in total. The van der Waals surface area contributed by atoms with Gasteiger partial charge in [-0.2, -0.15) is 13.2 Å². The standard InChI is InChI=1S/C14H14F3NO2S/c1-10-7-11(3-2-5-19)9-12(8-10)13(20)18-4-6-21-14(15,16)17/h7-9,19H,4-6H2,1H3,(H,18,20). The Morgan fingerprint density at radius 2 is 2.10 bits per heavy atom. The Labute approximate surface area is 124 Å². The van der Waals surface area contributed by atoms with Gasteiger partial charge in [-0.15, -0.1) is 0 Å². The fourth-order valence-corrected chi connectivity index (χ4v) is 2.00. The maximum atomic E-state index is 11.9. The largest absolute Gasteiger partial charge is 0.441 e. The van der Waals surface area contributed by atoms with Gasteiger partial charge in [-0.3, -0.25) is 4.79 Å². The maximum absolute atomic E-state index is 11.9. The van der Waals surface area contributed by atoms with Gasteiger partial charge < -0.3 is 10.4 Å². The van der Waals surface area contributed by atoms with Gasteiger partial charge >= 0.3 is 5.51 Å². The van der Waals surface area contributed by atoms with Crippen LogP contribution in [0.1, 0.15) is 21.5 Å². The zero-order valence-corrected chi connectivity index (χ0v) is 12.1. The van der Waals surface area contributed by atoms with E-state index in [1.54, 1.807) is 19.1 Å². The van der Waals surface area contributed by atoms with E-state index in [-0.39, 0.29) is 30.7 Å². The van der Waals surface area contributed by atoms with Crippen LogP contribution in [0.25, 0.3) is 0 Å². The number of nitrogens with one attached hydrogen (secondary N) is 1. The molecule has 0 unspecified atom stereocenters. The predicted octanol–water partition coefficient (Wildman–Crippen LogP) is 2.32. The van der Waals surface area contributed by atoms with Crippen LogP contribution in [-0.2, 0) is 0 Å². The second-order valence-corrected chi connectivity index (χ2v) is 5.26. The first-order chi connectivity index (χ1) is 9.81. The lowest BCUT2D eigenvalue weighted by Crippen LogP contribution is -2.26. The highest BCUT2D eigenvalue weighted by Gasteiger charge is 2.27. The third-order valence-electron chi connectivity index (χ3n) is 2.30. The van der Waals surface area contributed by atoms with E-state index in [1.165, 1.54) is 6.07 Å². The lowest BCUT2D eigenvalue weighted by atomic mass is 10.1. The second kappa shape index (κ2) is 7.96. The molecule has 114 valence electrons. The van der Waals surface area contributed by atoms with Crippen molar-refractivity contribution in [1.82, 2.24) is 5.32 Å². The van der Waals surface area contributed by atoms with Crippen molar-refractivity contribution in [3.63, 3.8) is 0 Å². The Bertz CT molecular complexity index is 562. The van der Waals surface area contributed by atoms with E-state index in [4.69, 9.17) is 5.11 Å². The van der Waals surface area contributed by atoms with E-state index >= 15 is 0 Å². The summed E-state index contributed by atoms with van der Waals surface area (Å²) in [5.41, 5.74) is -2.59. The fraction of sp³-hybridized carbons (Fsp3) is 0.357. The number of halogens is 3. The molecular weight excluding hydrogens is 303 g/mol. The van der Waals surface area contributed by atoms with E-state index in [0.29, 0.717) is 11.1 Å². The van der Waals surface area contributed by atoms with E-state index < -0.39 is 11.4 Å². The van der Waals surface area contributed by atoms with Crippen LogP contribution in [0, 0.1) is 18.8 Å². The molecule has 0 aliphatic carbocycles. The number of carbonyl (C=O) groups excluding carboxylic acids is 1. The van der Waals surface area contributed by atoms with Crippen molar-refractivity contribution < 1.29 is 23.1 Å². The van der Waals surface area contributed by atoms with Gasteiger partial charge in [0.05, 0.1) is 0 Å². The Hall–Kier alpha value is -1.65. The highest BCUT2D eigenvalue weighted by Crippen LogP contribution is 2.29. The summed E-state index contributed by atoms with van der Waals surface area (Å²) in [5, 5.41) is 11.1. The van der Waals surface area contributed by atoms with Crippen LogP contribution < -0.4 is 5.32 Å². The minimum absolute atomic E-state index is 0.0748. The number of alkyl halides is 3. The molecule has 0 radical (unpaired) electrons. The van der Waals surface area contributed by atoms with Gasteiger partial charge in [0.1, 0.15) is 6.61 Å². The molecule has 0 saturated heterocycles. The minimum Gasteiger partial charge on any atom is -0.384 e. The molecule has 0 aromatic heterocycles. The molecule has 0 heterocycles. The molecule has 1 aromatic carbocycles. The molecule has 0 saturated carbocycles. The molecule has 0 fully saturated rings. The predicted molar refractivity (Wildman–Crippen MR) is 76.0 cm³/mol. The van der Waals surface area contributed by atoms with Crippen molar-refractivity contribution in [3.05, 3.63) is 34.9 Å². The van der Waals surface area contributed by atoms with Gasteiger partial charge in [-0.25, -0.2) is 0 Å². The van der Waals surface area contributed by atoms with Crippen LogP contribution in [0.4, 0.5) is 13.2 Å². The van der Waals surface area contributed by atoms with Gasteiger partial charge in [0.2, 0.25) is 0 Å². The summed E-state index contributed by atoms with van der Waals surface area (Å²) in [6.45, 7) is 1.42. The van der Waals surface area contributed by atoms with Crippen molar-refractivity contribution >= 4 is 17.7 Å². The lowest BCUT2D eigenvalue weighted by Gasteiger charge is -2.08. The average molecular weight is 317 g/mol. The van der Waals surface area contributed by atoms with Gasteiger partial charge in [0.25, 0.3) is 5.91 Å². The SMILES string of the molecule is Cc1cc(C#CCO)cc(C(=O)NCCSC(F)(F)F)c1. The third kappa shape index (κ3) is 7.06. The lowest BCUT2D eigenvalue weighted by molar-refractivity contribution is -0.0327. The van der Waals surface area contributed by atoms with Crippen LogP contribution in [0.2, 0.25) is 0 Å². The van der Waals surface area contributed by atoms with Crippen molar-refractivity contribution in [1.29, 1.82) is 0 Å². The summed E-state index contributed by atoms with van der Waals surface area (Å²) in [4.78, 5) is 11.8.